The van der Waals surface area contributed by atoms with Crippen molar-refractivity contribution in [3.05, 3.63) is 11.6 Å². The highest BCUT2D eigenvalue weighted by molar-refractivity contribution is 6.20. The number of hydrogen-bond acceptors (Lipinski definition) is 0. The van der Waals surface area contributed by atoms with E-state index in [1.165, 1.54) is 70.6 Å². The van der Waals surface area contributed by atoms with Crippen LogP contribution < -0.4 is 0 Å². The Kier molecular flexibility index (Phi) is 6.03. The van der Waals surface area contributed by atoms with Gasteiger partial charge < -0.3 is 0 Å². The summed E-state index contributed by atoms with van der Waals surface area (Å²) in [6.45, 7) is 12.7. The summed E-state index contributed by atoms with van der Waals surface area (Å²) in [4.78, 5) is 0. The van der Waals surface area contributed by atoms with Gasteiger partial charge >= 0.3 is 0 Å². The molecule has 0 saturated heterocycles. The second kappa shape index (κ2) is 7.94. The number of alkyl halides is 1. The first-order chi connectivity index (χ1) is 13.3. The number of allylic oxidation sites excluding steroid dienone is 2. The summed E-state index contributed by atoms with van der Waals surface area (Å²) in [5, 5.41) is 0.396. The summed E-state index contributed by atoms with van der Waals surface area (Å²) in [6, 6.07) is 0. The Morgan fingerprint density at radius 2 is 1.79 bits per heavy atom. The van der Waals surface area contributed by atoms with Gasteiger partial charge in [0.05, 0.1) is 0 Å². The van der Waals surface area contributed by atoms with Gasteiger partial charge in [0.2, 0.25) is 0 Å². The van der Waals surface area contributed by atoms with Gasteiger partial charge in [-0.05, 0) is 97.7 Å². The molecule has 1 heteroatoms. The largest absolute Gasteiger partial charge is 0.123 e. The summed E-state index contributed by atoms with van der Waals surface area (Å²) in [5.74, 6) is 5.62. The number of halogens is 1. The molecule has 3 saturated carbocycles. The Hall–Kier alpha value is 0.0300. The lowest BCUT2D eigenvalue weighted by molar-refractivity contribution is -0.0498. The zero-order chi connectivity index (χ0) is 20.1. The lowest BCUT2D eigenvalue weighted by atomic mass is 9.47. The molecule has 0 bridgehead atoms. The molecule has 0 heterocycles. The van der Waals surface area contributed by atoms with E-state index in [1.54, 1.807) is 5.57 Å². The van der Waals surface area contributed by atoms with Crippen LogP contribution in [0.2, 0.25) is 0 Å². The molecule has 0 aliphatic heterocycles. The first-order valence-electron chi connectivity index (χ1n) is 12.6. The first kappa shape index (κ1) is 21.3. The van der Waals surface area contributed by atoms with Crippen LogP contribution in [0.1, 0.15) is 105 Å². The van der Waals surface area contributed by atoms with E-state index in [0.717, 1.165) is 35.5 Å². The van der Waals surface area contributed by atoms with E-state index in [0.29, 0.717) is 16.2 Å². The second-order valence-electron chi connectivity index (χ2n) is 12.1. The van der Waals surface area contributed by atoms with Gasteiger partial charge in [-0.2, -0.15) is 0 Å². The van der Waals surface area contributed by atoms with Crippen molar-refractivity contribution in [2.45, 2.75) is 111 Å². The van der Waals surface area contributed by atoms with E-state index >= 15 is 0 Å². The molecule has 0 amide bonds. The lowest BCUT2D eigenvalue weighted by Crippen LogP contribution is -2.50. The van der Waals surface area contributed by atoms with Crippen LogP contribution in [-0.4, -0.2) is 5.38 Å². The molecule has 3 fully saturated rings. The predicted octanol–water partition coefficient (Wildman–Crippen LogP) is 8.64. The maximum absolute atomic E-state index is 6.56. The molecular weight excluding hydrogens is 360 g/mol. The van der Waals surface area contributed by atoms with Crippen LogP contribution in [0.15, 0.2) is 11.6 Å². The minimum Gasteiger partial charge on any atom is -0.123 e. The van der Waals surface area contributed by atoms with Gasteiger partial charge in [0.25, 0.3) is 0 Å². The Labute approximate surface area is 180 Å². The topological polar surface area (TPSA) is 0 Å². The fourth-order valence-corrected chi connectivity index (χ4v) is 8.92. The Bertz CT molecular complexity index is 591. The van der Waals surface area contributed by atoms with Crippen molar-refractivity contribution in [2.75, 3.05) is 0 Å². The third kappa shape index (κ3) is 3.52. The lowest BCUT2D eigenvalue weighted by Gasteiger charge is -2.58. The van der Waals surface area contributed by atoms with Crippen molar-refractivity contribution in [3.8, 4) is 0 Å². The van der Waals surface area contributed by atoms with Gasteiger partial charge in [-0.1, -0.05) is 65.5 Å². The molecule has 4 rings (SSSR count). The van der Waals surface area contributed by atoms with E-state index in [-0.39, 0.29) is 0 Å². The van der Waals surface area contributed by atoms with Crippen molar-refractivity contribution >= 4 is 11.6 Å². The molecule has 0 spiro atoms. The predicted molar refractivity (Wildman–Crippen MR) is 123 cm³/mol. The van der Waals surface area contributed by atoms with Gasteiger partial charge in [0.1, 0.15) is 0 Å². The van der Waals surface area contributed by atoms with Crippen molar-refractivity contribution in [1.82, 2.24) is 0 Å². The Morgan fingerprint density at radius 1 is 1.00 bits per heavy atom. The van der Waals surface area contributed by atoms with E-state index < -0.39 is 0 Å². The maximum atomic E-state index is 6.56. The summed E-state index contributed by atoms with van der Waals surface area (Å²) in [6.07, 6.45) is 18.0. The number of hydrogen-bond donors (Lipinski definition) is 0. The van der Waals surface area contributed by atoms with Crippen LogP contribution in [-0.2, 0) is 0 Å². The Morgan fingerprint density at radius 3 is 2.54 bits per heavy atom. The van der Waals surface area contributed by atoms with Crippen LogP contribution in [0.3, 0.4) is 0 Å². The first-order valence-corrected chi connectivity index (χ1v) is 13.0. The minimum absolute atomic E-state index is 0.396. The van der Waals surface area contributed by atoms with E-state index in [1.807, 2.05) is 0 Å². The third-order valence-corrected chi connectivity index (χ3v) is 10.6. The molecule has 0 radical (unpaired) electrons. The molecule has 0 aromatic rings. The highest BCUT2D eigenvalue weighted by Crippen LogP contribution is 2.67. The van der Waals surface area contributed by atoms with E-state index in [4.69, 9.17) is 11.6 Å². The summed E-state index contributed by atoms with van der Waals surface area (Å²) < 4.78 is 0. The fraction of sp³-hybridized carbons (Fsp3) is 0.926. The van der Waals surface area contributed by atoms with Gasteiger partial charge in [-0.25, -0.2) is 0 Å². The molecule has 0 nitrogen and oxygen atoms in total. The quantitative estimate of drug-likeness (QED) is 0.317. The highest BCUT2D eigenvalue weighted by atomic mass is 35.5. The van der Waals surface area contributed by atoms with E-state index in [9.17, 15) is 0 Å². The SMILES string of the molecule is CC(C)CCC[C@@H](C)C1CC[C@H]2[C@H]3CC=C4C[C@@H](Cl)CCC4(C)C3CCC12C. The molecule has 8 atom stereocenters. The Balaban J connectivity index is 1.49. The minimum atomic E-state index is 0.396. The molecular formula is C27H45Cl. The maximum Gasteiger partial charge on any atom is 0.0373 e. The van der Waals surface area contributed by atoms with E-state index in [2.05, 4.69) is 40.7 Å². The second-order valence-corrected chi connectivity index (χ2v) is 12.7. The van der Waals surface area contributed by atoms with Gasteiger partial charge in [-0.15, -0.1) is 11.6 Å². The summed E-state index contributed by atoms with van der Waals surface area (Å²) >= 11 is 6.56. The highest BCUT2D eigenvalue weighted by Gasteiger charge is 2.58. The standard InChI is InChI=1S/C27H45Cl/c1-18(2)7-6-8-19(3)23-11-12-24-22-10-9-20-17-21(28)13-15-26(20,4)25(22)14-16-27(23,24)5/h9,18-19,21-25H,6-8,10-17H2,1-5H3/t19-,21+,22-,23?,24+,25?,26?,27?/m1/s1. The summed E-state index contributed by atoms with van der Waals surface area (Å²) in [5.41, 5.74) is 2.82. The third-order valence-electron chi connectivity index (χ3n) is 10.2. The zero-order valence-electron chi connectivity index (χ0n) is 19.3. The van der Waals surface area contributed by atoms with Crippen LogP contribution in [0, 0.1) is 46.3 Å². The van der Waals surface area contributed by atoms with Crippen molar-refractivity contribution in [2.24, 2.45) is 46.3 Å². The fourth-order valence-electron chi connectivity index (χ4n) is 8.64. The molecule has 0 aromatic heterocycles. The van der Waals surface area contributed by atoms with Gasteiger partial charge in [0.15, 0.2) is 0 Å². The molecule has 4 unspecified atom stereocenters. The molecule has 0 N–H and O–H groups in total. The van der Waals surface area contributed by atoms with Crippen LogP contribution in [0.25, 0.3) is 0 Å². The molecule has 28 heavy (non-hydrogen) atoms. The van der Waals surface area contributed by atoms with Crippen molar-refractivity contribution < 1.29 is 0 Å². The average Bonchev–Trinajstić information content (AvgIpc) is 2.99. The molecule has 160 valence electrons. The van der Waals surface area contributed by atoms with Gasteiger partial charge in [-0.3, -0.25) is 0 Å². The molecule has 0 aromatic carbocycles. The number of fused-ring (bicyclic) bond motifs is 5. The van der Waals surface area contributed by atoms with Crippen LogP contribution >= 0.6 is 11.6 Å². The summed E-state index contributed by atoms with van der Waals surface area (Å²) in [7, 11) is 0. The van der Waals surface area contributed by atoms with Crippen LogP contribution in [0.4, 0.5) is 0 Å². The average molecular weight is 405 g/mol. The number of rotatable bonds is 5. The van der Waals surface area contributed by atoms with Crippen LogP contribution in [0.5, 0.6) is 0 Å². The zero-order valence-corrected chi connectivity index (χ0v) is 20.0. The van der Waals surface area contributed by atoms with Gasteiger partial charge in [0, 0.05) is 5.38 Å². The van der Waals surface area contributed by atoms with Crippen molar-refractivity contribution in [3.63, 3.8) is 0 Å². The molecule has 4 aliphatic rings. The molecule has 4 aliphatic carbocycles. The monoisotopic (exact) mass is 404 g/mol. The normalized spacial score (nSPS) is 46.5. The van der Waals surface area contributed by atoms with Crippen molar-refractivity contribution in [1.29, 1.82) is 0 Å². The smallest absolute Gasteiger partial charge is 0.0373 e.